The summed E-state index contributed by atoms with van der Waals surface area (Å²) >= 11 is 0. The van der Waals surface area contributed by atoms with Crippen LogP contribution in [0.15, 0.2) is 0 Å². The van der Waals surface area contributed by atoms with Crippen molar-refractivity contribution in [2.75, 3.05) is 39.3 Å². The molecule has 0 bridgehead atoms. The third-order valence-corrected chi connectivity index (χ3v) is 3.07. The molecule has 0 radical (unpaired) electrons. The van der Waals surface area contributed by atoms with Gasteiger partial charge in [-0.25, -0.2) is 0 Å². The quantitative estimate of drug-likeness (QED) is 0.744. The molecular formula is C12H23N3O2. The minimum absolute atomic E-state index is 0.164. The molecule has 5 nitrogen and oxygen atoms in total. The van der Waals surface area contributed by atoms with Crippen LogP contribution in [0.1, 0.15) is 26.7 Å². The van der Waals surface area contributed by atoms with E-state index in [0.717, 1.165) is 26.2 Å². The Morgan fingerprint density at radius 3 is 1.65 bits per heavy atom. The van der Waals surface area contributed by atoms with Gasteiger partial charge >= 0.3 is 0 Å². The normalized spacial score (nSPS) is 18.2. The van der Waals surface area contributed by atoms with Crippen LogP contribution in [-0.4, -0.2) is 60.9 Å². The summed E-state index contributed by atoms with van der Waals surface area (Å²) < 4.78 is 0. The summed E-state index contributed by atoms with van der Waals surface area (Å²) in [4.78, 5) is 27.1. The molecule has 0 aliphatic carbocycles. The molecule has 5 heteroatoms. The Kier molecular flexibility index (Phi) is 5.97. The topological polar surface area (TPSA) is 52.7 Å². The van der Waals surface area contributed by atoms with Gasteiger partial charge in [0, 0.05) is 52.1 Å². The van der Waals surface area contributed by atoms with Gasteiger partial charge in [-0.3, -0.25) is 9.59 Å². The summed E-state index contributed by atoms with van der Waals surface area (Å²) in [6, 6.07) is 0. The first-order valence-electron chi connectivity index (χ1n) is 6.45. The van der Waals surface area contributed by atoms with E-state index in [9.17, 15) is 9.59 Å². The van der Waals surface area contributed by atoms with E-state index in [2.05, 4.69) is 5.32 Å². The number of carbonyl (C=O) groups is 2. The highest BCUT2D eigenvalue weighted by Crippen LogP contribution is 2.00. The minimum Gasteiger partial charge on any atom is -0.340 e. The Morgan fingerprint density at radius 2 is 1.29 bits per heavy atom. The molecule has 1 aliphatic rings. The molecule has 0 aromatic heterocycles. The maximum atomic E-state index is 11.7. The van der Waals surface area contributed by atoms with Gasteiger partial charge < -0.3 is 15.1 Å². The molecule has 0 aromatic carbocycles. The number of hydrogen-bond acceptors (Lipinski definition) is 3. The molecule has 0 spiro atoms. The highest BCUT2D eigenvalue weighted by atomic mass is 16.2. The van der Waals surface area contributed by atoms with Crippen molar-refractivity contribution in [3.05, 3.63) is 0 Å². The van der Waals surface area contributed by atoms with E-state index in [-0.39, 0.29) is 11.8 Å². The molecule has 0 unspecified atom stereocenters. The summed E-state index contributed by atoms with van der Waals surface area (Å²) in [5.41, 5.74) is 0. The van der Waals surface area contributed by atoms with E-state index in [0.29, 0.717) is 25.9 Å². The van der Waals surface area contributed by atoms with Crippen molar-refractivity contribution in [3.63, 3.8) is 0 Å². The van der Waals surface area contributed by atoms with Crippen molar-refractivity contribution < 1.29 is 9.59 Å². The van der Waals surface area contributed by atoms with E-state index >= 15 is 0 Å². The maximum Gasteiger partial charge on any atom is 0.222 e. The second-order valence-electron chi connectivity index (χ2n) is 4.22. The fraction of sp³-hybridized carbons (Fsp3) is 0.833. The fourth-order valence-corrected chi connectivity index (χ4v) is 1.96. The van der Waals surface area contributed by atoms with Gasteiger partial charge in [-0.2, -0.15) is 0 Å². The number of hydrogen-bond donors (Lipinski definition) is 1. The Morgan fingerprint density at radius 1 is 0.882 bits per heavy atom. The number of carbonyl (C=O) groups excluding carboxylic acids is 2. The lowest BCUT2D eigenvalue weighted by molar-refractivity contribution is -0.134. The predicted octanol–water partition coefficient (Wildman–Crippen LogP) is 0.0668. The zero-order valence-corrected chi connectivity index (χ0v) is 10.9. The molecule has 17 heavy (non-hydrogen) atoms. The van der Waals surface area contributed by atoms with Gasteiger partial charge in [0.2, 0.25) is 11.8 Å². The Labute approximate surface area is 103 Å². The number of nitrogens with one attached hydrogen (secondary N) is 1. The van der Waals surface area contributed by atoms with Crippen LogP contribution < -0.4 is 5.32 Å². The van der Waals surface area contributed by atoms with Crippen molar-refractivity contribution in [1.82, 2.24) is 15.1 Å². The molecule has 1 N–H and O–H groups in total. The van der Waals surface area contributed by atoms with Crippen molar-refractivity contribution in [2.45, 2.75) is 26.7 Å². The van der Waals surface area contributed by atoms with Gasteiger partial charge in [0.05, 0.1) is 0 Å². The Balaban J connectivity index is 2.58. The number of amides is 2. The molecule has 0 aromatic rings. The van der Waals surface area contributed by atoms with Gasteiger partial charge in [-0.05, 0) is 0 Å². The second-order valence-corrected chi connectivity index (χ2v) is 4.22. The van der Waals surface area contributed by atoms with Gasteiger partial charge in [-0.15, -0.1) is 0 Å². The summed E-state index contributed by atoms with van der Waals surface area (Å²) in [5.74, 6) is 0.329. The molecule has 1 fully saturated rings. The smallest absolute Gasteiger partial charge is 0.222 e. The highest BCUT2D eigenvalue weighted by molar-refractivity contribution is 5.77. The minimum atomic E-state index is 0.164. The van der Waals surface area contributed by atoms with Crippen LogP contribution in [0.5, 0.6) is 0 Å². The molecule has 1 rings (SSSR count). The predicted molar refractivity (Wildman–Crippen MR) is 66.6 cm³/mol. The Hall–Kier alpha value is -1.10. The summed E-state index contributed by atoms with van der Waals surface area (Å²) in [7, 11) is 0. The van der Waals surface area contributed by atoms with E-state index < -0.39 is 0 Å². The van der Waals surface area contributed by atoms with Crippen LogP contribution in [-0.2, 0) is 9.59 Å². The van der Waals surface area contributed by atoms with E-state index in [1.165, 1.54) is 0 Å². The van der Waals surface area contributed by atoms with Crippen LogP contribution in [0, 0.1) is 0 Å². The zero-order chi connectivity index (χ0) is 12.7. The first-order chi connectivity index (χ1) is 8.19. The number of rotatable bonds is 2. The lowest BCUT2D eigenvalue weighted by atomic mass is 10.3. The Bertz CT molecular complexity index is 242. The highest BCUT2D eigenvalue weighted by Gasteiger charge is 2.17. The monoisotopic (exact) mass is 241 g/mol. The lowest BCUT2D eigenvalue weighted by Gasteiger charge is -2.25. The van der Waals surface area contributed by atoms with Crippen LogP contribution in [0.25, 0.3) is 0 Å². The van der Waals surface area contributed by atoms with Gasteiger partial charge in [0.15, 0.2) is 0 Å². The van der Waals surface area contributed by atoms with Crippen LogP contribution in [0.3, 0.4) is 0 Å². The van der Waals surface area contributed by atoms with Crippen molar-refractivity contribution in [3.8, 4) is 0 Å². The first-order valence-corrected chi connectivity index (χ1v) is 6.45. The lowest BCUT2D eigenvalue weighted by Crippen LogP contribution is -2.41. The molecule has 1 aliphatic heterocycles. The SMILES string of the molecule is CCC(=O)N1CCNCCN(C(=O)CC)CC1. The van der Waals surface area contributed by atoms with Gasteiger partial charge in [0.1, 0.15) is 0 Å². The summed E-state index contributed by atoms with van der Waals surface area (Å²) in [6.07, 6.45) is 1.06. The van der Waals surface area contributed by atoms with Crippen LogP contribution in [0.2, 0.25) is 0 Å². The van der Waals surface area contributed by atoms with Crippen molar-refractivity contribution in [1.29, 1.82) is 0 Å². The van der Waals surface area contributed by atoms with Crippen molar-refractivity contribution >= 4 is 11.8 Å². The van der Waals surface area contributed by atoms with Gasteiger partial charge in [-0.1, -0.05) is 13.8 Å². The van der Waals surface area contributed by atoms with Crippen LogP contribution >= 0.6 is 0 Å². The maximum absolute atomic E-state index is 11.7. The molecule has 1 heterocycles. The average Bonchev–Trinajstić information content (AvgIpc) is 2.48. The molecular weight excluding hydrogens is 218 g/mol. The van der Waals surface area contributed by atoms with Gasteiger partial charge in [0.25, 0.3) is 0 Å². The van der Waals surface area contributed by atoms with Crippen LogP contribution in [0.4, 0.5) is 0 Å². The van der Waals surface area contributed by atoms with Crippen molar-refractivity contribution in [2.24, 2.45) is 0 Å². The third kappa shape index (κ3) is 4.34. The molecule has 2 amide bonds. The third-order valence-electron chi connectivity index (χ3n) is 3.07. The second kappa shape index (κ2) is 7.27. The first kappa shape index (κ1) is 14.0. The summed E-state index contributed by atoms with van der Waals surface area (Å²) in [6.45, 7) is 8.14. The van der Waals surface area contributed by atoms with E-state index in [1.807, 2.05) is 23.6 Å². The van der Waals surface area contributed by atoms with E-state index in [4.69, 9.17) is 0 Å². The average molecular weight is 241 g/mol. The zero-order valence-electron chi connectivity index (χ0n) is 10.9. The fourth-order valence-electron chi connectivity index (χ4n) is 1.96. The largest absolute Gasteiger partial charge is 0.340 e. The number of nitrogens with zero attached hydrogens (tertiary/aromatic N) is 2. The van der Waals surface area contributed by atoms with E-state index in [1.54, 1.807) is 0 Å². The molecule has 98 valence electrons. The molecule has 0 atom stereocenters. The molecule has 0 saturated carbocycles. The standard InChI is InChI=1S/C12H23N3O2/c1-3-11(16)14-7-5-13-6-8-15(10-9-14)12(17)4-2/h13H,3-10H2,1-2H3. The summed E-state index contributed by atoms with van der Waals surface area (Å²) in [5, 5.41) is 3.26. The molecule has 1 saturated heterocycles.